The fourth-order valence-corrected chi connectivity index (χ4v) is 2.17. The van der Waals surface area contributed by atoms with Crippen molar-refractivity contribution in [3.8, 4) is 5.69 Å². The van der Waals surface area contributed by atoms with Crippen molar-refractivity contribution in [1.82, 2.24) is 9.55 Å². The maximum Gasteiger partial charge on any atom is 0.150 e. The second-order valence-electron chi connectivity index (χ2n) is 4.19. The van der Waals surface area contributed by atoms with Crippen molar-refractivity contribution in [2.24, 2.45) is 0 Å². The quantitative estimate of drug-likeness (QED) is 0.641. The fraction of sp³-hybridized carbons (Fsp3) is 0.0667. The number of aldehydes is 1. The van der Waals surface area contributed by atoms with Gasteiger partial charge in [-0.05, 0) is 43.3 Å². The zero-order valence-electron chi connectivity index (χ0n) is 10.00. The standard InChI is InChI=1S/C15H12N2O/c1-11-16-14-4-2-3-5-15(14)17(11)13-8-6-12(10-18)7-9-13/h2-10H,1H3. The summed E-state index contributed by atoms with van der Waals surface area (Å²) < 4.78 is 2.09. The van der Waals surface area contributed by atoms with E-state index in [1.807, 2.05) is 55.5 Å². The van der Waals surface area contributed by atoms with Gasteiger partial charge in [-0.2, -0.15) is 0 Å². The summed E-state index contributed by atoms with van der Waals surface area (Å²) in [6.07, 6.45) is 0.850. The number of rotatable bonds is 2. The molecular formula is C15H12N2O. The molecule has 0 bridgehead atoms. The summed E-state index contributed by atoms with van der Waals surface area (Å²) in [7, 11) is 0. The largest absolute Gasteiger partial charge is 0.298 e. The first-order valence-corrected chi connectivity index (χ1v) is 5.79. The average molecular weight is 236 g/mol. The lowest BCUT2D eigenvalue weighted by atomic mass is 10.2. The van der Waals surface area contributed by atoms with Crippen molar-refractivity contribution in [1.29, 1.82) is 0 Å². The molecule has 0 N–H and O–H groups in total. The van der Waals surface area contributed by atoms with Gasteiger partial charge in [-0.1, -0.05) is 12.1 Å². The summed E-state index contributed by atoms with van der Waals surface area (Å²) in [5.41, 5.74) is 3.76. The first-order valence-electron chi connectivity index (χ1n) is 5.79. The maximum absolute atomic E-state index is 10.7. The molecule has 18 heavy (non-hydrogen) atoms. The maximum atomic E-state index is 10.7. The van der Waals surface area contributed by atoms with Gasteiger partial charge in [0.2, 0.25) is 0 Å². The average Bonchev–Trinajstić information content (AvgIpc) is 2.75. The van der Waals surface area contributed by atoms with Crippen LogP contribution in [0.4, 0.5) is 0 Å². The number of nitrogens with zero attached hydrogens (tertiary/aromatic N) is 2. The van der Waals surface area contributed by atoms with E-state index in [4.69, 9.17) is 0 Å². The molecule has 0 aliphatic heterocycles. The number of carbonyl (C=O) groups is 1. The summed E-state index contributed by atoms with van der Waals surface area (Å²) >= 11 is 0. The van der Waals surface area contributed by atoms with E-state index >= 15 is 0 Å². The highest BCUT2D eigenvalue weighted by atomic mass is 16.1. The van der Waals surface area contributed by atoms with E-state index in [1.165, 1.54) is 0 Å². The number of aromatic nitrogens is 2. The Balaban J connectivity index is 2.23. The van der Waals surface area contributed by atoms with Crippen LogP contribution in [-0.2, 0) is 0 Å². The second kappa shape index (κ2) is 4.11. The van der Waals surface area contributed by atoms with Gasteiger partial charge >= 0.3 is 0 Å². The Morgan fingerprint density at radius 1 is 1.06 bits per heavy atom. The van der Waals surface area contributed by atoms with Crippen LogP contribution >= 0.6 is 0 Å². The minimum atomic E-state index is 0.681. The third-order valence-electron chi connectivity index (χ3n) is 3.02. The predicted octanol–water partition coefficient (Wildman–Crippen LogP) is 3.15. The molecule has 0 radical (unpaired) electrons. The van der Waals surface area contributed by atoms with E-state index in [0.29, 0.717) is 5.56 Å². The topological polar surface area (TPSA) is 34.9 Å². The van der Waals surface area contributed by atoms with E-state index in [2.05, 4.69) is 9.55 Å². The Labute approximate surface area is 105 Å². The van der Waals surface area contributed by atoms with Gasteiger partial charge in [-0.15, -0.1) is 0 Å². The molecule has 3 rings (SSSR count). The minimum absolute atomic E-state index is 0.681. The molecule has 3 aromatic rings. The molecule has 0 aliphatic carbocycles. The first-order chi connectivity index (χ1) is 8.79. The highest BCUT2D eigenvalue weighted by Gasteiger charge is 2.07. The molecule has 0 spiro atoms. The minimum Gasteiger partial charge on any atom is -0.298 e. The summed E-state index contributed by atoms with van der Waals surface area (Å²) in [6, 6.07) is 15.5. The Morgan fingerprint density at radius 2 is 1.78 bits per heavy atom. The lowest BCUT2D eigenvalue weighted by molar-refractivity contribution is 0.112. The molecule has 0 unspecified atom stereocenters. The van der Waals surface area contributed by atoms with E-state index in [0.717, 1.165) is 28.8 Å². The molecule has 3 heteroatoms. The van der Waals surface area contributed by atoms with E-state index in [1.54, 1.807) is 0 Å². The summed E-state index contributed by atoms with van der Waals surface area (Å²) in [5.74, 6) is 0.940. The number of aryl methyl sites for hydroxylation is 1. The Morgan fingerprint density at radius 3 is 2.50 bits per heavy atom. The third kappa shape index (κ3) is 1.61. The van der Waals surface area contributed by atoms with Gasteiger partial charge < -0.3 is 0 Å². The van der Waals surface area contributed by atoms with Gasteiger partial charge in [0.1, 0.15) is 12.1 Å². The van der Waals surface area contributed by atoms with Gasteiger partial charge in [-0.25, -0.2) is 4.98 Å². The highest BCUT2D eigenvalue weighted by molar-refractivity contribution is 5.79. The molecule has 0 atom stereocenters. The van der Waals surface area contributed by atoms with Crippen LogP contribution in [0.3, 0.4) is 0 Å². The third-order valence-corrected chi connectivity index (χ3v) is 3.02. The number of hydrogen-bond donors (Lipinski definition) is 0. The molecule has 0 aliphatic rings. The number of imidazole rings is 1. The number of hydrogen-bond acceptors (Lipinski definition) is 2. The smallest absolute Gasteiger partial charge is 0.150 e. The zero-order chi connectivity index (χ0) is 12.5. The van der Waals surface area contributed by atoms with Gasteiger partial charge in [0.25, 0.3) is 0 Å². The summed E-state index contributed by atoms with van der Waals surface area (Å²) in [6.45, 7) is 1.98. The van der Waals surface area contributed by atoms with Crippen LogP contribution in [0, 0.1) is 6.92 Å². The lowest BCUT2D eigenvalue weighted by Crippen LogP contribution is -1.96. The monoisotopic (exact) mass is 236 g/mol. The number of fused-ring (bicyclic) bond motifs is 1. The predicted molar refractivity (Wildman–Crippen MR) is 71.2 cm³/mol. The van der Waals surface area contributed by atoms with Crippen LogP contribution in [-0.4, -0.2) is 15.8 Å². The van der Waals surface area contributed by atoms with Crippen LogP contribution in [0.25, 0.3) is 16.7 Å². The second-order valence-corrected chi connectivity index (χ2v) is 4.19. The summed E-state index contributed by atoms with van der Waals surface area (Å²) in [4.78, 5) is 15.2. The molecule has 0 saturated carbocycles. The normalized spacial score (nSPS) is 10.7. The van der Waals surface area contributed by atoms with Crippen LogP contribution < -0.4 is 0 Å². The van der Waals surface area contributed by atoms with Gasteiger partial charge in [0.15, 0.2) is 0 Å². The Bertz CT molecular complexity index is 711. The molecule has 0 fully saturated rings. The van der Waals surface area contributed by atoms with Crippen LogP contribution in [0.5, 0.6) is 0 Å². The Hall–Kier alpha value is -2.42. The van der Waals surface area contributed by atoms with E-state index in [-0.39, 0.29) is 0 Å². The molecular weight excluding hydrogens is 224 g/mol. The van der Waals surface area contributed by atoms with Crippen molar-refractivity contribution in [2.45, 2.75) is 6.92 Å². The van der Waals surface area contributed by atoms with Crippen LogP contribution in [0.15, 0.2) is 48.5 Å². The molecule has 88 valence electrons. The fourth-order valence-electron chi connectivity index (χ4n) is 2.17. The number of carbonyl (C=O) groups excluding carboxylic acids is 1. The summed E-state index contributed by atoms with van der Waals surface area (Å²) in [5, 5.41) is 0. The molecule has 2 aromatic carbocycles. The lowest BCUT2D eigenvalue weighted by Gasteiger charge is -2.06. The van der Waals surface area contributed by atoms with Crippen molar-refractivity contribution in [3.63, 3.8) is 0 Å². The SMILES string of the molecule is Cc1nc2ccccc2n1-c1ccc(C=O)cc1. The van der Waals surface area contributed by atoms with E-state index < -0.39 is 0 Å². The van der Waals surface area contributed by atoms with Crippen molar-refractivity contribution < 1.29 is 4.79 Å². The number of benzene rings is 2. The molecule has 3 nitrogen and oxygen atoms in total. The molecule has 1 aromatic heterocycles. The molecule has 1 heterocycles. The number of para-hydroxylation sites is 2. The van der Waals surface area contributed by atoms with Crippen molar-refractivity contribution in [3.05, 3.63) is 59.9 Å². The zero-order valence-corrected chi connectivity index (χ0v) is 10.00. The molecule has 0 amide bonds. The van der Waals surface area contributed by atoms with Gasteiger partial charge in [0, 0.05) is 11.3 Å². The van der Waals surface area contributed by atoms with Gasteiger partial charge in [-0.3, -0.25) is 9.36 Å². The van der Waals surface area contributed by atoms with Gasteiger partial charge in [0.05, 0.1) is 11.0 Å². The van der Waals surface area contributed by atoms with Crippen molar-refractivity contribution in [2.75, 3.05) is 0 Å². The van der Waals surface area contributed by atoms with Crippen LogP contribution in [0.2, 0.25) is 0 Å². The molecule has 0 saturated heterocycles. The Kier molecular flexibility index (Phi) is 2.45. The first kappa shape index (κ1) is 10.7. The van der Waals surface area contributed by atoms with Crippen molar-refractivity contribution >= 4 is 17.3 Å². The van der Waals surface area contributed by atoms with E-state index in [9.17, 15) is 4.79 Å². The van der Waals surface area contributed by atoms with Crippen LogP contribution in [0.1, 0.15) is 16.2 Å². The highest BCUT2D eigenvalue weighted by Crippen LogP contribution is 2.20.